The predicted octanol–water partition coefficient (Wildman–Crippen LogP) is 3.85. The highest BCUT2D eigenvalue weighted by molar-refractivity contribution is 6.31. The quantitative estimate of drug-likeness (QED) is 0.606. The van der Waals surface area contributed by atoms with E-state index in [1.165, 1.54) is 0 Å². The van der Waals surface area contributed by atoms with Crippen LogP contribution >= 0.6 is 11.6 Å². The summed E-state index contributed by atoms with van der Waals surface area (Å²) in [5.74, 6) is -0.220. The van der Waals surface area contributed by atoms with E-state index in [1.807, 2.05) is 32.9 Å². The summed E-state index contributed by atoms with van der Waals surface area (Å²) in [5.41, 5.74) is 4.58. The van der Waals surface area contributed by atoms with Gasteiger partial charge in [-0.1, -0.05) is 18.5 Å². The number of carbonyl (C=O) groups excluding carboxylic acids is 1. The Morgan fingerprint density at radius 3 is 2.55 bits per heavy atom. The van der Waals surface area contributed by atoms with Gasteiger partial charge in [-0.3, -0.25) is 9.59 Å². The number of aromatic amines is 1. The van der Waals surface area contributed by atoms with Crippen molar-refractivity contribution in [2.75, 3.05) is 24.5 Å². The molecule has 0 bridgehead atoms. The van der Waals surface area contributed by atoms with Crippen LogP contribution in [0.4, 0.5) is 5.69 Å². The Morgan fingerprint density at radius 2 is 1.90 bits per heavy atom. The van der Waals surface area contributed by atoms with Crippen LogP contribution in [-0.2, 0) is 6.54 Å². The Balaban J connectivity index is 1.87. The number of carbonyl (C=O) groups is 1. The lowest BCUT2D eigenvalue weighted by atomic mass is 9.99. The van der Waals surface area contributed by atoms with E-state index in [0.29, 0.717) is 22.2 Å². The van der Waals surface area contributed by atoms with E-state index < -0.39 is 0 Å². The van der Waals surface area contributed by atoms with Crippen LogP contribution in [0, 0.1) is 20.8 Å². The lowest BCUT2D eigenvalue weighted by molar-refractivity contribution is 0.0950. The summed E-state index contributed by atoms with van der Waals surface area (Å²) in [4.78, 5) is 30.6. The van der Waals surface area contributed by atoms with E-state index in [2.05, 4.69) is 27.4 Å². The first-order valence-electron chi connectivity index (χ1n) is 11.1. The number of aromatic nitrogens is 1. The number of halogens is 1. The first-order valence-corrected chi connectivity index (χ1v) is 11.4. The maximum atomic E-state index is 13.1. The first kappa shape index (κ1) is 23.4. The third kappa shape index (κ3) is 5.49. The molecule has 1 amide bonds. The number of amides is 1. The Hall–Kier alpha value is -2.31. The zero-order valence-corrected chi connectivity index (χ0v) is 19.7. The molecular weight excluding hydrogens is 412 g/mol. The molecule has 1 saturated heterocycles. The number of rotatable bonds is 7. The van der Waals surface area contributed by atoms with Gasteiger partial charge in [-0.15, -0.1) is 0 Å². The third-order valence-corrected chi connectivity index (χ3v) is 6.25. The smallest absolute Gasteiger partial charge is 0.253 e. The zero-order chi connectivity index (χ0) is 22.5. The fourth-order valence-corrected chi connectivity index (χ4v) is 4.64. The molecule has 0 radical (unpaired) electrons. The van der Waals surface area contributed by atoms with Crippen molar-refractivity contribution in [3.63, 3.8) is 0 Å². The van der Waals surface area contributed by atoms with Crippen LogP contribution in [-0.4, -0.2) is 36.6 Å². The molecule has 1 fully saturated rings. The highest BCUT2D eigenvalue weighted by Gasteiger charge is 2.24. The largest absolute Gasteiger partial charge is 0.368 e. The second-order valence-corrected chi connectivity index (χ2v) is 8.83. The lowest BCUT2D eigenvalue weighted by Crippen LogP contribution is -2.44. The van der Waals surface area contributed by atoms with E-state index in [1.54, 1.807) is 6.07 Å². The second kappa shape index (κ2) is 10.3. The molecule has 0 unspecified atom stereocenters. The Labute approximate surface area is 189 Å². The summed E-state index contributed by atoms with van der Waals surface area (Å²) in [7, 11) is 0. The molecule has 1 aromatic heterocycles. The van der Waals surface area contributed by atoms with Gasteiger partial charge in [0.25, 0.3) is 11.5 Å². The maximum Gasteiger partial charge on any atom is 0.253 e. The minimum absolute atomic E-state index is 0.165. The molecule has 3 rings (SSSR count). The summed E-state index contributed by atoms with van der Waals surface area (Å²) in [6.07, 6.45) is 3.17. The number of benzene rings is 1. The number of aryl methyl sites for hydroxylation is 2. The van der Waals surface area contributed by atoms with E-state index in [-0.39, 0.29) is 18.0 Å². The third-order valence-electron chi connectivity index (χ3n) is 6.03. The van der Waals surface area contributed by atoms with Crippen molar-refractivity contribution in [2.24, 2.45) is 0 Å². The fourth-order valence-electron chi connectivity index (χ4n) is 4.42. The molecule has 31 heavy (non-hydrogen) atoms. The van der Waals surface area contributed by atoms with Gasteiger partial charge in [0, 0.05) is 46.7 Å². The van der Waals surface area contributed by atoms with Crippen molar-refractivity contribution in [1.82, 2.24) is 15.6 Å². The summed E-state index contributed by atoms with van der Waals surface area (Å²) in [5, 5.41) is 6.88. The Morgan fingerprint density at radius 1 is 1.19 bits per heavy atom. The fraction of sp³-hybridized carbons (Fsp3) is 0.500. The van der Waals surface area contributed by atoms with E-state index >= 15 is 0 Å². The van der Waals surface area contributed by atoms with Crippen LogP contribution in [0.25, 0.3) is 0 Å². The van der Waals surface area contributed by atoms with Crippen LogP contribution in [0.3, 0.4) is 0 Å². The summed E-state index contributed by atoms with van der Waals surface area (Å²) < 4.78 is 0. The van der Waals surface area contributed by atoms with Crippen molar-refractivity contribution in [1.29, 1.82) is 0 Å². The van der Waals surface area contributed by atoms with Gasteiger partial charge in [-0.05, 0) is 82.4 Å². The van der Waals surface area contributed by atoms with E-state index in [4.69, 9.17) is 11.6 Å². The van der Waals surface area contributed by atoms with Crippen molar-refractivity contribution in [3.05, 3.63) is 61.5 Å². The molecule has 1 aliphatic rings. The summed E-state index contributed by atoms with van der Waals surface area (Å²) in [6, 6.07) is 6.03. The molecule has 0 atom stereocenters. The van der Waals surface area contributed by atoms with Gasteiger partial charge >= 0.3 is 0 Å². The standard InChI is InChI=1S/C24H33ClN4O2/c1-5-10-29(19-6-8-26-9-7-19)22-13-18(25)12-20(17(22)4)23(30)27-14-21-15(2)11-16(3)28-24(21)31/h11-13,19,26H,5-10,14H2,1-4H3,(H,27,30)(H,28,31). The summed E-state index contributed by atoms with van der Waals surface area (Å²) >= 11 is 6.46. The zero-order valence-electron chi connectivity index (χ0n) is 18.9. The van der Waals surface area contributed by atoms with Gasteiger partial charge in [-0.2, -0.15) is 0 Å². The molecule has 0 spiro atoms. The number of H-pyrrole nitrogens is 1. The molecule has 6 nitrogen and oxygen atoms in total. The van der Waals surface area contributed by atoms with Gasteiger partial charge in [0.15, 0.2) is 0 Å². The molecule has 168 valence electrons. The number of pyridine rings is 1. The van der Waals surface area contributed by atoms with Gasteiger partial charge in [0.05, 0.1) is 0 Å². The minimum Gasteiger partial charge on any atom is -0.368 e. The number of hydrogen-bond acceptors (Lipinski definition) is 4. The summed E-state index contributed by atoms with van der Waals surface area (Å²) in [6.45, 7) is 11.0. The first-order chi connectivity index (χ1) is 14.8. The molecular formula is C24H33ClN4O2. The molecule has 0 saturated carbocycles. The van der Waals surface area contributed by atoms with E-state index in [9.17, 15) is 9.59 Å². The number of piperidine rings is 1. The highest BCUT2D eigenvalue weighted by atomic mass is 35.5. The monoisotopic (exact) mass is 444 g/mol. The average Bonchev–Trinajstić information content (AvgIpc) is 2.73. The SMILES string of the molecule is CCCN(c1cc(Cl)cc(C(=O)NCc2c(C)cc(C)[nH]c2=O)c1C)C1CCNCC1. The van der Waals surface area contributed by atoms with Gasteiger partial charge < -0.3 is 20.5 Å². The number of nitrogens with zero attached hydrogens (tertiary/aromatic N) is 1. The number of anilines is 1. The Kier molecular flexibility index (Phi) is 7.79. The molecule has 1 aliphatic heterocycles. The van der Waals surface area contributed by atoms with Crippen molar-refractivity contribution >= 4 is 23.2 Å². The molecule has 7 heteroatoms. The molecule has 3 N–H and O–H groups in total. The molecule has 0 aliphatic carbocycles. The van der Waals surface area contributed by atoms with Crippen molar-refractivity contribution < 1.29 is 4.79 Å². The predicted molar refractivity (Wildman–Crippen MR) is 127 cm³/mol. The number of nitrogens with one attached hydrogen (secondary N) is 3. The lowest BCUT2D eigenvalue weighted by Gasteiger charge is -2.37. The van der Waals surface area contributed by atoms with Crippen LogP contribution in [0.1, 0.15) is 58.9 Å². The second-order valence-electron chi connectivity index (χ2n) is 8.40. The normalized spacial score (nSPS) is 14.5. The van der Waals surface area contributed by atoms with Crippen molar-refractivity contribution in [2.45, 2.75) is 59.5 Å². The topological polar surface area (TPSA) is 77.2 Å². The molecule has 2 aromatic rings. The van der Waals surface area contributed by atoms with Crippen LogP contribution in [0.2, 0.25) is 5.02 Å². The average molecular weight is 445 g/mol. The Bertz CT molecular complexity index is 996. The number of hydrogen-bond donors (Lipinski definition) is 3. The maximum absolute atomic E-state index is 13.1. The molecule has 1 aromatic carbocycles. The van der Waals surface area contributed by atoms with Gasteiger partial charge in [-0.25, -0.2) is 0 Å². The van der Waals surface area contributed by atoms with Gasteiger partial charge in [0.2, 0.25) is 0 Å². The minimum atomic E-state index is -0.220. The van der Waals surface area contributed by atoms with E-state index in [0.717, 1.165) is 61.4 Å². The van der Waals surface area contributed by atoms with Crippen LogP contribution in [0.15, 0.2) is 23.0 Å². The van der Waals surface area contributed by atoms with Gasteiger partial charge in [0.1, 0.15) is 0 Å². The van der Waals surface area contributed by atoms with Crippen molar-refractivity contribution in [3.8, 4) is 0 Å². The van der Waals surface area contributed by atoms with Crippen LogP contribution < -0.4 is 21.1 Å². The highest BCUT2D eigenvalue weighted by Crippen LogP contribution is 2.31. The molecule has 2 heterocycles. The van der Waals surface area contributed by atoms with Crippen LogP contribution in [0.5, 0.6) is 0 Å².